The Balaban J connectivity index is 1.67. The minimum Gasteiger partial charge on any atom is -0.337 e. The van der Waals surface area contributed by atoms with Crippen LogP contribution in [0.5, 0.6) is 0 Å². The fraction of sp³-hybridized carbons (Fsp3) is 0.280. The Hall–Kier alpha value is -2.28. The molecular formula is C25H22Cl2FN3OS. The molecule has 8 heteroatoms. The molecule has 0 radical (unpaired) electrons. The zero-order chi connectivity index (χ0) is 22.9. The summed E-state index contributed by atoms with van der Waals surface area (Å²) in [6.45, 7) is 1.52. The molecule has 170 valence electrons. The zero-order valence-electron chi connectivity index (χ0n) is 17.9. The molecule has 0 bridgehead atoms. The topological polar surface area (TPSA) is 38.1 Å². The van der Waals surface area contributed by atoms with E-state index in [2.05, 4.69) is 0 Å². The summed E-state index contributed by atoms with van der Waals surface area (Å²) in [6.07, 6.45) is 5.21. The molecule has 0 atom stereocenters. The third-order valence-electron chi connectivity index (χ3n) is 5.99. The molecule has 0 saturated carbocycles. The van der Waals surface area contributed by atoms with Crippen LogP contribution in [0.15, 0.2) is 42.5 Å². The maximum Gasteiger partial charge on any atom is 0.274 e. The number of rotatable bonds is 3. The van der Waals surface area contributed by atoms with Crippen molar-refractivity contribution in [1.29, 1.82) is 0 Å². The van der Waals surface area contributed by atoms with Crippen LogP contribution >= 0.6 is 35.0 Å². The van der Waals surface area contributed by atoms with Gasteiger partial charge in [-0.1, -0.05) is 35.3 Å². The highest BCUT2D eigenvalue weighted by Crippen LogP contribution is 2.39. The van der Waals surface area contributed by atoms with E-state index in [1.165, 1.54) is 12.1 Å². The van der Waals surface area contributed by atoms with Gasteiger partial charge in [-0.15, -0.1) is 0 Å². The fourth-order valence-electron chi connectivity index (χ4n) is 4.36. The Morgan fingerprint density at radius 2 is 1.79 bits per heavy atom. The standard InChI is InChI=1S/C25H22Cl2FN3OS/c26-18-6-9-22(21(27)13-18)31-24-17(12-16-4-7-19(28)8-5-16)14-33-15-20(24)23(29-31)25(32)30-10-2-1-3-11-30/h4-9,12-13H,1-3,10-11,14-15H2. The van der Waals surface area contributed by atoms with Crippen LogP contribution < -0.4 is 0 Å². The molecule has 2 aliphatic heterocycles. The lowest BCUT2D eigenvalue weighted by molar-refractivity contribution is 0.0717. The third-order valence-corrected chi connectivity index (χ3v) is 7.53. The highest BCUT2D eigenvalue weighted by molar-refractivity contribution is 7.99. The molecule has 3 heterocycles. The van der Waals surface area contributed by atoms with Gasteiger partial charge in [0.2, 0.25) is 0 Å². The van der Waals surface area contributed by atoms with Gasteiger partial charge in [0, 0.05) is 35.2 Å². The molecule has 33 heavy (non-hydrogen) atoms. The summed E-state index contributed by atoms with van der Waals surface area (Å²) in [5, 5.41) is 5.81. The lowest BCUT2D eigenvalue weighted by Crippen LogP contribution is -2.36. The van der Waals surface area contributed by atoms with Crippen molar-refractivity contribution in [2.75, 3.05) is 18.8 Å². The van der Waals surface area contributed by atoms with Gasteiger partial charge in [-0.25, -0.2) is 9.07 Å². The number of fused-ring (bicyclic) bond motifs is 1. The SMILES string of the molecule is O=C(c1nn(-c2ccc(Cl)cc2Cl)c2c1CSCC2=Cc1ccc(F)cc1)N1CCCCC1. The van der Waals surface area contributed by atoms with Gasteiger partial charge >= 0.3 is 0 Å². The number of carbonyl (C=O) groups excluding carboxylic acids is 1. The Bertz CT molecular complexity index is 1230. The average molecular weight is 502 g/mol. The predicted molar refractivity (Wildman–Crippen MR) is 134 cm³/mol. The van der Waals surface area contributed by atoms with Gasteiger partial charge in [0.15, 0.2) is 5.69 Å². The second kappa shape index (κ2) is 9.53. The van der Waals surface area contributed by atoms with Crippen LogP contribution in [0.3, 0.4) is 0 Å². The van der Waals surface area contributed by atoms with Crippen LogP contribution in [0.2, 0.25) is 10.0 Å². The van der Waals surface area contributed by atoms with Crippen LogP contribution in [0, 0.1) is 5.82 Å². The van der Waals surface area contributed by atoms with Crippen LogP contribution in [-0.2, 0) is 5.75 Å². The number of likely N-dealkylation sites (tertiary alicyclic amines) is 1. The molecule has 0 spiro atoms. The molecule has 3 aromatic rings. The highest BCUT2D eigenvalue weighted by atomic mass is 35.5. The van der Waals surface area contributed by atoms with Crippen LogP contribution in [-0.4, -0.2) is 39.4 Å². The molecule has 2 aromatic carbocycles. The summed E-state index contributed by atoms with van der Waals surface area (Å²) >= 11 is 14.4. The molecule has 1 saturated heterocycles. The van der Waals surface area contributed by atoms with E-state index in [1.54, 1.807) is 40.7 Å². The van der Waals surface area contributed by atoms with Crippen molar-refractivity contribution < 1.29 is 9.18 Å². The molecule has 4 nitrogen and oxygen atoms in total. The first-order valence-corrected chi connectivity index (χ1v) is 12.8. The van der Waals surface area contributed by atoms with E-state index in [0.717, 1.165) is 60.5 Å². The molecule has 2 aliphatic rings. The lowest BCUT2D eigenvalue weighted by atomic mass is 10.0. The van der Waals surface area contributed by atoms with E-state index in [4.69, 9.17) is 28.3 Å². The summed E-state index contributed by atoms with van der Waals surface area (Å²) in [4.78, 5) is 15.4. The summed E-state index contributed by atoms with van der Waals surface area (Å²) in [6, 6.07) is 11.7. The number of thioether (sulfide) groups is 1. The maximum absolute atomic E-state index is 13.5. The largest absolute Gasteiger partial charge is 0.337 e. The van der Waals surface area contributed by atoms with Crippen LogP contribution in [0.1, 0.15) is 46.6 Å². The molecule has 1 amide bonds. The normalized spacial score (nSPS) is 17.3. The second-order valence-electron chi connectivity index (χ2n) is 8.25. The number of piperidine rings is 1. The van der Waals surface area contributed by atoms with Gasteiger partial charge in [0.1, 0.15) is 5.82 Å². The minimum atomic E-state index is -0.275. The zero-order valence-corrected chi connectivity index (χ0v) is 20.2. The first-order valence-electron chi connectivity index (χ1n) is 10.9. The summed E-state index contributed by atoms with van der Waals surface area (Å²) in [7, 11) is 0. The van der Waals surface area contributed by atoms with Gasteiger partial charge in [-0.2, -0.15) is 16.9 Å². The van der Waals surface area contributed by atoms with E-state index in [0.29, 0.717) is 27.2 Å². The van der Waals surface area contributed by atoms with Gasteiger partial charge < -0.3 is 4.90 Å². The number of amides is 1. The van der Waals surface area contributed by atoms with Gasteiger partial charge in [-0.3, -0.25) is 4.79 Å². The van der Waals surface area contributed by atoms with Gasteiger partial charge in [0.25, 0.3) is 5.91 Å². The highest BCUT2D eigenvalue weighted by Gasteiger charge is 2.31. The van der Waals surface area contributed by atoms with Gasteiger partial charge in [0.05, 0.1) is 16.4 Å². The number of aromatic nitrogens is 2. The van der Waals surface area contributed by atoms with Crippen molar-refractivity contribution >= 4 is 52.5 Å². The number of carbonyl (C=O) groups is 1. The fourth-order valence-corrected chi connectivity index (χ4v) is 5.87. The molecule has 1 fully saturated rings. The monoisotopic (exact) mass is 501 g/mol. The number of hydrogen-bond donors (Lipinski definition) is 0. The quantitative estimate of drug-likeness (QED) is 0.399. The summed E-state index contributed by atoms with van der Waals surface area (Å²) in [5.74, 6) is 1.14. The van der Waals surface area contributed by atoms with Crippen LogP contribution in [0.4, 0.5) is 4.39 Å². The van der Waals surface area contributed by atoms with Crippen molar-refractivity contribution in [3.05, 3.63) is 80.8 Å². The average Bonchev–Trinajstić information content (AvgIpc) is 3.21. The molecule has 0 N–H and O–H groups in total. The van der Waals surface area contributed by atoms with E-state index < -0.39 is 0 Å². The Morgan fingerprint density at radius 1 is 1.03 bits per heavy atom. The lowest BCUT2D eigenvalue weighted by Gasteiger charge is -2.26. The van der Waals surface area contributed by atoms with Crippen molar-refractivity contribution in [3.63, 3.8) is 0 Å². The molecule has 0 aliphatic carbocycles. The van der Waals surface area contributed by atoms with Crippen LogP contribution in [0.25, 0.3) is 17.3 Å². The number of nitrogens with zero attached hydrogens (tertiary/aromatic N) is 3. The third kappa shape index (κ3) is 4.57. The molecule has 5 rings (SSSR count). The summed E-state index contributed by atoms with van der Waals surface area (Å²) < 4.78 is 15.2. The predicted octanol–water partition coefficient (Wildman–Crippen LogP) is 6.73. The second-order valence-corrected chi connectivity index (χ2v) is 10.1. The van der Waals surface area contributed by atoms with E-state index in [1.807, 2.05) is 17.0 Å². The van der Waals surface area contributed by atoms with Crippen molar-refractivity contribution in [2.45, 2.75) is 25.0 Å². The van der Waals surface area contributed by atoms with Crippen molar-refractivity contribution in [2.24, 2.45) is 0 Å². The van der Waals surface area contributed by atoms with Crippen molar-refractivity contribution in [1.82, 2.24) is 14.7 Å². The summed E-state index contributed by atoms with van der Waals surface area (Å²) in [5.41, 5.74) is 4.86. The van der Waals surface area contributed by atoms with Crippen molar-refractivity contribution in [3.8, 4) is 5.69 Å². The number of halogens is 3. The molecule has 1 aromatic heterocycles. The number of benzene rings is 2. The molecular weight excluding hydrogens is 480 g/mol. The number of hydrogen-bond acceptors (Lipinski definition) is 3. The first kappa shape index (κ1) is 22.5. The Kier molecular flexibility index (Phi) is 6.50. The van der Waals surface area contributed by atoms with E-state index in [-0.39, 0.29) is 11.7 Å². The minimum absolute atomic E-state index is 0.0292. The smallest absolute Gasteiger partial charge is 0.274 e. The maximum atomic E-state index is 13.5. The molecule has 0 unspecified atom stereocenters. The first-order chi connectivity index (χ1) is 16.0. The van der Waals surface area contributed by atoms with E-state index >= 15 is 0 Å². The Morgan fingerprint density at radius 3 is 2.52 bits per heavy atom. The van der Waals surface area contributed by atoms with E-state index in [9.17, 15) is 9.18 Å². The van der Waals surface area contributed by atoms with Gasteiger partial charge in [-0.05, 0) is 66.8 Å². The Labute approximate surface area is 206 Å².